The highest BCUT2D eigenvalue weighted by atomic mass is 32.2. The van der Waals surface area contributed by atoms with E-state index in [2.05, 4.69) is 5.32 Å². The summed E-state index contributed by atoms with van der Waals surface area (Å²) >= 11 is 0. The molecule has 188 valence electrons. The van der Waals surface area contributed by atoms with Gasteiger partial charge < -0.3 is 19.5 Å². The predicted octanol–water partition coefficient (Wildman–Crippen LogP) is 3.50. The molecule has 9 nitrogen and oxygen atoms in total. The lowest BCUT2D eigenvalue weighted by atomic mass is 10.1. The Hall–Kier alpha value is -3.73. The van der Waals surface area contributed by atoms with Crippen molar-refractivity contribution in [1.29, 1.82) is 0 Å². The molecule has 0 spiro atoms. The van der Waals surface area contributed by atoms with Crippen LogP contribution in [-0.2, 0) is 14.8 Å². The molecule has 10 heteroatoms. The Morgan fingerprint density at radius 3 is 2.31 bits per heavy atom. The number of rotatable bonds is 7. The van der Waals surface area contributed by atoms with E-state index in [1.807, 2.05) is 0 Å². The third-order valence-corrected chi connectivity index (χ3v) is 7.71. The van der Waals surface area contributed by atoms with Gasteiger partial charge in [-0.2, -0.15) is 4.31 Å². The molecule has 1 saturated heterocycles. The van der Waals surface area contributed by atoms with Crippen molar-refractivity contribution >= 4 is 27.6 Å². The van der Waals surface area contributed by atoms with E-state index in [1.165, 1.54) is 22.5 Å². The molecule has 4 rings (SSSR count). The zero-order chi connectivity index (χ0) is 25.7. The number of carbonyl (C=O) groups is 2. The van der Waals surface area contributed by atoms with Crippen LogP contribution in [-0.4, -0.2) is 58.0 Å². The van der Waals surface area contributed by atoms with Crippen LogP contribution in [0.2, 0.25) is 0 Å². The summed E-state index contributed by atoms with van der Waals surface area (Å²) in [6.45, 7) is 2.84. The molecule has 36 heavy (non-hydrogen) atoms. The number of esters is 1. The Kier molecular flexibility index (Phi) is 7.68. The number of morpholine rings is 1. The summed E-state index contributed by atoms with van der Waals surface area (Å²) in [7, 11) is -2.24. The third kappa shape index (κ3) is 5.73. The van der Waals surface area contributed by atoms with Crippen LogP contribution in [0.5, 0.6) is 11.5 Å². The summed E-state index contributed by atoms with van der Waals surface area (Å²) in [5.41, 5.74) is 1.49. The van der Waals surface area contributed by atoms with Crippen LogP contribution in [0.4, 0.5) is 5.69 Å². The van der Waals surface area contributed by atoms with Crippen LogP contribution in [0.15, 0.2) is 71.6 Å². The fourth-order valence-electron chi connectivity index (χ4n) is 3.68. The number of aryl methyl sites for hydroxylation is 1. The van der Waals surface area contributed by atoms with Crippen LogP contribution < -0.4 is 14.8 Å². The molecule has 1 aliphatic heterocycles. The van der Waals surface area contributed by atoms with Crippen molar-refractivity contribution in [2.24, 2.45) is 0 Å². The number of methoxy groups -OCH3 is 1. The number of nitrogens with zero attached hydrogens (tertiary/aromatic N) is 1. The molecule has 1 heterocycles. The Morgan fingerprint density at radius 1 is 0.917 bits per heavy atom. The van der Waals surface area contributed by atoms with Gasteiger partial charge in [-0.15, -0.1) is 0 Å². The molecular weight excluding hydrogens is 484 g/mol. The number of benzene rings is 3. The maximum atomic E-state index is 13.1. The van der Waals surface area contributed by atoms with E-state index in [1.54, 1.807) is 62.6 Å². The van der Waals surface area contributed by atoms with Crippen LogP contribution in [0, 0.1) is 6.92 Å². The van der Waals surface area contributed by atoms with E-state index in [4.69, 9.17) is 14.2 Å². The smallest absolute Gasteiger partial charge is 0.343 e. The lowest BCUT2D eigenvalue weighted by molar-refractivity contribution is 0.0727. The van der Waals surface area contributed by atoms with Gasteiger partial charge in [-0.05, 0) is 61.0 Å². The fourth-order valence-corrected chi connectivity index (χ4v) is 5.34. The molecule has 0 saturated carbocycles. The molecule has 0 atom stereocenters. The number of nitrogens with one attached hydrogen (secondary N) is 1. The molecule has 0 aliphatic carbocycles. The maximum absolute atomic E-state index is 13.1. The van der Waals surface area contributed by atoms with Crippen molar-refractivity contribution in [3.63, 3.8) is 0 Å². The standard InChI is InChI=1S/C26H26N2O7S/c1-18-6-7-20(16-24(18)36(31,32)28-12-14-34-15-13-28)26(30)35-23-5-3-4-21(17-23)27-25(29)19-8-10-22(33-2)11-9-19/h3-11,16-17H,12-15H2,1-2H3,(H,27,29). The van der Waals surface area contributed by atoms with E-state index in [0.717, 1.165) is 0 Å². The number of hydrogen-bond acceptors (Lipinski definition) is 7. The van der Waals surface area contributed by atoms with E-state index >= 15 is 0 Å². The SMILES string of the molecule is COc1ccc(C(=O)Nc2cccc(OC(=O)c3ccc(C)c(S(=O)(=O)N4CCOCC4)c3)c2)cc1. The molecule has 3 aromatic rings. The largest absolute Gasteiger partial charge is 0.497 e. The second-order valence-electron chi connectivity index (χ2n) is 8.10. The number of carbonyl (C=O) groups excluding carboxylic acids is 2. The van der Waals surface area contributed by atoms with Gasteiger partial charge in [0.25, 0.3) is 5.91 Å². The number of anilines is 1. The molecule has 0 radical (unpaired) electrons. The highest BCUT2D eigenvalue weighted by molar-refractivity contribution is 7.89. The molecular formula is C26H26N2O7S. The molecule has 1 fully saturated rings. The van der Waals surface area contributed by atoms with E-state index in [9.17, 15) is 18.0 Å². The van der Waals surface area contributed by atoms with Gasteiger partial charge in [0.1, 0.15) is 11.5 Å². The summed E-state index contributed by atoms with van der Waals surface area (Å²) in [5, 5.41) is 2.76. The second kappa shape index (κ2) is 10.9. The zero-order valence-electron chi connectivity index (χ0n) is 19.9. The topological polar surface area (TPSA) is 111 Å². The summed E-state index contributed by atoms with van der Waals surface area (Å²) in [4.78, 5) is 25.4. The minimum atomic E-state index is -3.78. The second-order valence-corrected chi connectivity index (χ2v) is 10.0. The van der Waals surface area contributed by atoms with Gasteiger partial charge in [-0.25, -0.2) is 13.2 Å². The van der Waals surface area contributed by atoms with Crippen molar-refractivity contribution < 1.29 is 32.2 Å². The summed E-state index contributed by atoms with van der Waals surface area (Å²) in [6, 6.07) is 17.5. The average Bonchev–Trinajstić information content (AvgIpc) is 2.89. The first-order valence-electron chi connectivity index (χ1n) is 11.2. The zero-order valence-corrected chi connectivity index (χ0v) is 20.7. The number of sulfonamides is 1. The Bertz CT molecular complexity index is 1370. The predicted molar refractivity (Wildman–Crippen MR) is 133 cm³/mol. The number of amides is 1. The molecule has 1 N–H and O–H groups in total. The normalized spacial score (nSPS) is 14.2. The van der Waals surface area contributed by atoms with Gasteiger partial charge in [0.15, 0.2) is 0 Å². The van der Waals surface area contributed by atoms with E-state index in [-0.39, 0.29) is 35.2 Å². The van der Waals surface area contributed by atoms with Gasteiger partial charge in [0, 0.05) is 30.4 Å². The minimum absolute atomic E-state index is 0.0550. The summed E-state index contributed by atoms with van der Waals surface area (Å²) < 4.78 is 43.4. The summed E-state index contributed by atoms with van der Waals surface area (Å²) in [6.07, 6.45) is 0. The molecule has 0 unspecified atom stereocenters. The van der Waals surface area contributed by atoms with Gasteiger partial charge in [-0.1, -0.05) is 12.1 Å². The van der Waals surface area contributed by atoms with Crippen molar-refractivity contribution in [2.45, 2.75) is 11.8 Å². The molecule has 1 amide bonds. The highest BCUT2D eigenvalue weighted by Gasteiger charge is 2.28. The Balaban J connectivity index is 1.48. The van der Waals surface area contributed by atoms with Crippen molar-refractivity contribution in [1.82, 2.24) is 4.31 Å². The molecule has 0 aromatic heterocycles. The van der Waals surface area contributed by atoms with Crippen molar-refractivity contribution in [3.05, 3.63) is 83.4 Å². The maximum Gasteiger partial charge on any atom is 0.343 e. The lowest BCUT2D eigenvalue weighted by Crippen LogP contribution is -2.40. The van der Waals surface area contributed by atoms with Gasteiger partial charge in [0.05, 0.1) is 30.8 Å². The average molecular weight is 511 g/mol. The highest BCUT2D eigenvalue weighted by Crippen LogP contribution is 2.24. The first-order valence-corrected chi connectivity index (χ1v) is 12.7. The first kappa shape index (κ1) is 25.4. The monoisotopic (exact) mass is 510 g/mol. The minimum Gasteiger partial charge on any atom is -0.497 e. The van der Waals surface area contributed by atoms with Gasteiger partial charge in [0.2, 0.25) is 10.0 Å². The molecule has 0 bridgehead atoms. The van der Waals surface area contributed by atoms with Crippen LogP contribution in [0.25, 0.3) is 0 Å². The fraction of sp³-hybridized carbons (Fsp3) is 0.231. The van der Waals surface area contributed by atoms with Crippen LogP contribution in [0.1, 0.15) is 26.3 Å². The Labute approximate surface area is 209 Å². The van der Waals surface area contributed by atoms with E-state index in [0.29, 0.717) is 35.8 Å². The lowest BCUT2D eigenvalue weighted by Gasteiger charge is -2.26. The van der Waals surface area contributed by atoms with Crippen molar-refractivity contribution in [3.8, 4) is 11.5 Å². The quantitative estimate of drug-likeness (QED) is 0.383. The number of hydrogen-bond donors (Lipinski definition) is 1. The Morgan fingerprint density at radius 2 is 1.61 bits per heavy atom. The van der Waals surface area contributed by atoms with Crippen LogP contribution in [0.3, 0.4) is 0 Å². The summed E-state index contributed by atoms with van der Waals surface area (Å²) in [5.74, 6) is -0.215. The van der Waals surface area contributed by atoms with Crippen molar-refractivity contribution in [2.75, 3.05) is 38.7 Å². The van der Waals surface area contributed by atoms with Gasteiger partial charge >= 0.3 is 5.97 Å². The number of ether oxygens (including phenoxy) is 3. The molecule has 1 aliphatic rings. The molecule has 3 aromatic carbocycles. The van der Waals surface area contributed by atoms with Crippen LogP contribution >= 0.6 is 0 Å². The first-order chi connectivity index (χ1) is 17.3. The third-order valence-electron chi connectivity index (χ3n) is 5.67. The van der Waals surface area contributed by atoms with E-state index < -0.39 is 16.0 Å². The van der Waals surface area contributed by atoms with Gasteiger partial charge in [-0.3, -0.25) is 4.79 Å².